The molecule has 0 aliphatic heterocycles. The Kier molecular flexibility index (Phi) is 3.54. The SMILES string of the molecule is CCc1ccc(-c2noc(CC(C)N)n2)cc1. The average Bonchev–Trinajstić information content (AvgIpc) is 2.77. The van der Waals surface area contributed by atoms with Crippen LogP contribution in [0.15, 0.2) is 28.8 Å². The van der Waals surface area contributed by atoms with E-state index in [9.17, 15) is 0 Å². The van der Waals surface area contributed by atoms with E-state index in [4.69, 9.17) is 10.3 Å². The van der Waals surface area contributed by atoms with Crippen LogP contribution in [-0.4, -0.2) is 16.2 Å². The van der Waals surface area contributed by atoms with Crippen LogP contribution in [0.3, 0.4) is 0 Å². The zero-order chi connectivity index (χ0) is 12.3. The molecule has 0 amide bonds. The van der Waals surface area contributed by atoms with Crippen LogP contribution < -0.4 is 5.73 Å². The molecule has 1 unspecified atom stereocenters. The van der Waals surface area contributed by atoms with Gasteiger partial charge in [0.05, 0.1) is 0 Å². The van der Waals surface area contributed by atoms with Crippen molar-refractivity contribution >= 4 is 0 Å². The maximum absolute atomic E-state index is 5.68. The van der Waals surface area contributed by atoms with E-state index in [1.165, 1.54) is 5.56 Å². The monoisotopic (exact) mass is 231 g/mol. The highest BCUT2D eigenvalue weighted by atomic mass is 16.5. The first-order valence-electron chi connectivity index (χ1n) is 5.86. The number of hydrogen-bond donors (Lipinski definition) is 1. The van der Waals surface area contributed by atoms with Crippen LogP contribution in [-0.2, 0) is 12.8 Å². The Morgan fingerprint density at radius 1 is 1.29 bits per heavy atom. The van der Waals surface area contributed by atoms with Crippen molar-refractivity contribution in [3.05, 3.63) is 35.7 Å². The molecule has 0 fully saturated rings. The third-order valence-electron chi connectivity index (χ3n) is 2.59. The van der Waals surface area contributed by atoms with E-state index in [0.29, 0.717) is 18.1 Å². The Labute approximate surface area is 101 Å². The topological polar surface area (TPSA) is 64.9 Å². The molecule has 0 saturated heterocycles. The lowest BCUT2D eigenvalue weighted by molar-refractivity contribution is 0.372. The number of aromatic nitrogens is 2. The van der Waals surface area contributed by atoms with Gasteiger partial charge in [-0.1, -0.05) is 36.3 Å². The number of hydrogen-bond acceptors (Lipinski definition) is 4. The third kappa shape index (κ3) is 2.91. The van der Waals surface area contributed by atoms with Crippen LogP contribution in [0.5, 0.6) is 0 Å². The Bertz CT molecular complexity index is 474. The van der Waals surface area contributed by atoms with Crippen molar-refractivity contribution in [2.75, 3.05) is 0 Å². The first-order valence-corrected chi connectivity index (χ1v) is 5.86. The standard InChI is InChI=1S/C13H17N3O/c1-3-10-4-6-11(7-5-10)13-15-12(17-16-13)8-9(2)14/h4-7,9H,3,8,14H2,1-2H3. The highest BCUT2D eigenvalue weighted by Gasteiger charge is 2.09. The van der Waals surface area contributed by atoms with Crippen molar-refractivity contribution in [3.63, 3.8) is 0 Å². The van der Waals surface area contributed by atoms with E-state index < -0.39 is 0 Å². The summed E-state index contributed by atoms with van der Waals surface area (Å²) in [6.07, 6.45) is 1.64. The lowest BCUT2D eigenvalue weighted by Gasteiger charge is -1.98. The first-order chi connectivity index (χ1) is 8.19. The van der Waals surface area contributed by atoms with E-state index >= 15 is 0 Å². The zero-order valence-corrected chi connectivity index (χ0v) is 10.2. The number of nitrogens with two attached hydrogens (primary N) is 1. The van der Waals surface area contributed by atoms with Gasteiger partial charge < -0.3 is 10.3 Å². The molecular weight excluding hydrogens is 214 g/mol. The van der Waals surface area contributed by atoms with Crippen LogP contribution in [0.25, 0.3) is 11.4 Å². The summed E-state index contributed by atoms with van der Waals surface area (Å²) in [7, 11) is 0. The van der Waals surface area contributed by atoms with E-state index in [2.05, 4.69) is 29.2 Å². The van der Waals surface area contributed by atoms with Gasteiger partial charge >= 0.3 is 0 Å². The summed E-state index contributed by atoms with van der Waals surface area (Å²) < 4.78 is 5.15. The highest BCUT2D eigenvalue weighted by molar-refractivity contribution is 5.54. The fraction of sp³-hybridized carbons (Fsp3) is 0.385. The summed E-state index contributed by atoms with van der Waals surface area (Å²) in [5, 5.41) is 3.95. The summed E-state index contributed by atoms with van der Waals surface area (Å²) >= 11 is 0. The van der Waals surface area contributed by atoms with Gasteiger partial charge in [0.25, 0.3) is 0 Å². The van der Waals surface area contributed by atoms with E-state index in [1.54, 1.807) is 0 Å². The predicted octanol–water partition coefficient (Wildman–Crippen LogP) is 2.19. The summed E-state index contributed by atoms with van der Waals surface area (Å²) in [6, 6.07) is 8.22. The molecule has 2 N–H and O–H groups in total. The Morgan fingerprint density at radius 3 is 2.59 bits per heavy atom. The van der Waals surface area contributed by atoms with Crippen molar-refractivity contribution in [1.82, 2.24) is 10.1 Å². The molecule has 4 nitrogen and oxygen atoms in total. The van der Waals surface area contributed by atoms with E-state index in [-0.39, 0.29) is 6.04 Å². The van der Waals surface area contributed by atoms with Gasteiger partial charge in [0.15, 0.2) is 0 Å². The molecule has 0 bridgehead atoms. The maximum atomic E-state index is 5.68. The molecule has 1 atom stereocenters. The second-order valence-corrected chi connectivity index (χ2v) is 4.24. The lowest BCUT2D eigenvalue weighted by Crippen LogP contribution is -2.17. The lowest BCUT2D eigenvalue weighted by atomic mass is 10.1. The molecule has 4 heteroatoms. The van der Waals surface area contributed by atoms with Crippen LogP contribution in [0.4, 0.5) is 0 Å². The van der Waals surface area contributed by atoms with Crippen LogP contribution in [0.2, 0.25) is 0 Å². The molecule has 17 heavy (non-hydrogen) atoms. The first kappa shape index (κ1) is 11.8. The van der Waals surface area contributed by atoms with Crippen molar-refractivity contribution in [3.8, 4) is 11.4 Å². The summed E-state index contributed by atoms with van der Waals surface area (Å²) in [4.78, 5) is 4.32. The molecule has 2 rings (SSSR count). The molecule has 0 radical (unpaired) electrons. The minimum absolute atomic E-state index is 0.0331. The molecule has 0 spiro atoms. The van der Waals surface area contributed by atoms with Gasteiger partial charge in [0.2, 0.25) is 11.7 Å². The van der Waals surface area contributed by atoms with Crippen molar-refractivity contribution in [2.45, 2.75) is 32.7 Å². The molecule has 0 aliphatic rings. The van der Waals surface area contributed by atoms with Gasteiger partial charge in [0, 0.05) is 18.0 Å². The Balaban J connectivity index is 2.18. The predicted molar refractivity (Wildman–Crippen MR) is 66.5 cm³/mol. The summed E-state index contributed by atoms with van der Waals surface area (Å²) in [5.41, 5.74) is 7.96. The van der Waals surface area contributed by atoms with Crippen molar-refractivity contribution in [1.29, 1.82) is 0 Å². The normalized spacial score (nSPS) is 12.6. The molecule has 1 aromatic carbocycles. The van der Waals surface area contributed by atoms with E-state index in [1.807, 2.05) is 19.1 Å². The molecule has 0 aliphatic carbocycles. The van der Waals surface area contributed by atoms with Gasteiger partial charge in [-0.25, -0.2) is 0 Å². The minimum Gasteiger partial charge on any atom is -0.339 e. The fourth-order valence-electron chi connectivity index (χ4n) is 1.62. The van der Waals surface area contributed by atoms with Gasteiger partial charge in [-0.2, -0.15) is 4.98 Å². The van der Waals surface area contributed by atoms with Gasteiger partial charge in [-0.3, -0.25) is 0 Å². The molecule has 0 saturated carbocycles. The van der Waals surface area contributed by atoms with Crippen LogP contribution in [0.1, 0.15) is 25.3 Å². The van der Waals surface area contributed by atoms with Crippen molar-refractivity contribution < 1.29 is 4.52 Å². The fourth-order valence-corrected chi connectivity index (χ4v) is 1.62. The number of benzene rings is 1. The summed E-state index contributed by atoms with van der Waals surface area (Å²) in [6.45, 7) is 4.05. The van der Waals surface area contributed by atoms with Gasteiger partial charge in [-0.05, 0) is 18.9 Å². The highest BCUT2D eigenvalue weighted by Crippen LogP contribution is 2.17. The van der Waals surface area contributed by atoms with Gasteiger partial charge in [0.1, 0.15) is 0 Å². The van der Waals surface area contributed by atoms with E-state index in [0.717, 1.165) is 12.0 Å². The molecule has 1 aromatic heterocycles. The number of nitrogens with zero attached hydrogens (tertiary/aromatic N) is 2. The Hall–Kier alpha value is -1.68. The van der Waals surface area contributed by atoms with Gasteiger partial charge in [-0.15, -0.1) is 0 Å². The van der Waals surface area contributed by atoms with Crippen LogP contribution in [0, 0.1) is 0 Å². The van der Waals surface area contributed by atoms with Crippen LogP contribution >= 0.6 is 0 Å². The second kappa shape index (κ2) is 5.10. The maximum Gasteiger partial charge on any atom is 0.228 e. The smallest absolute Gasteiger partial charge is 0.228 e. The zero-order valence-electron chi connectivity index (χ0n) is 10.2. The molecular formula is C13H17N3O. The molecule has 90 valence electrons. The second-order valence-electron chi connectivity index (χ2n) is 4.24. The third-order valence-corrected chi connectivity index (χ3v) is 2.59. The minimum atomic E-state index is 0.0331. The average molecular weight is 231 g/mol. The number of aryl methyl sites for hydroxylation is 1. The van der Waals surface area contributed by atoms with Crippen molar-refractivity contribution in [2.24, 2.45) is 5.73 Å². The Morgan fingerprint density at radius 2 is 2.00 bits per heavy atom. The quantitative estimate of drug-likeness (QED) is 0.876. The summed E-state index contributed by atoms with van der Waals surface area (Å²) in [5.74, 6) is 1.22. The molecule has 2 aromatic rings. The largest absolute Gasteiger partial charge is 0.339 e. The molecule has 1 heterocycles. The number of rotatable bonds is 4.